The molecule has 0 spiro atoms. The van der Waals surface area contributed by atoms with E-state index in [1.165, 1.54) is 0 Å². The van der Waals surface area contributed by atoms with Crippen LogP contribution in [0.25, 0.3) is 11.5 Å². The molecule has 0 saturated heterocycles. The van der Waals surface area contributed by atoms with Crippen molar-refractivity contribution in [3.63, 3.8) is 0 Å². The van der Waals surface area contributed by atoms with E-state index in [2.05, 4.69) is 23.0 Å². The molecule has 0 N–H and O–H groups in total. The molecule has 0 aliphatic carbocycles. The fraction of sp³-hybridized carbons (Fsp3) is 0.316. The van der Waals surface area contributed by atoms with E-state index in [4.69, 9.17) is 9.15 Å². The van der Waals surface area contributed by atoms with Gasteiger partial charge in [-0.1, -0.05) is 12.2 Å². The molecule has 0 fully saturated rings. The smallest absolute Gasteiger partial charge is 0.226 e. The molecule has 2 rings (SSSR count). The van der Waals surface area contributed by atoms with Gasteiger partial charge in [0, 0.05) is 25.2 Å². The maximum absolute atomic E-state index is 5.83. The van der Waals surface area contributed by atoms with Crippen molar-refractivity contribution in [3.05, 3.63) is 61.0 Å². The van der Waals surface area contributed by atoms with Crippen LogP contribution in [-0.4, -0.2) is 29.6 Å². The number of oxazole rings is 1. The number of nitrogens with zero attached hydrogens (tertiary/aromatic N) is 2. The summed E-state index contributed by atoms with van der Waals surface area (Å²) in [5, 5.41) is 0. The van der Waals surface area contributed by atoms with Gasteiger partial charge >= 0.3 is 0 Å². The molecule has 122 valence electrons. The van der Waals surface area contributed by atoms with Gasteiger partial charge in [-0.05, 0) is 38.1 Å². The van der Waals surface area contributed by atoms with E-state index in [0.29, 0.717) is 19.0 Å². The third-order valence-corrected chi connectivity index (χ3v) is 3.45. The van der Waals surface area contributed by atoms with Gasteiger partial charge < -0.3 is 9.15 Å². The maximum Gasteiger partial charge on any atom is 0.226 e. The van der Waals surface area contributed by atoms with Crippen LogP contribution in [0.1, 0.15) is 18.4 Å². The van der Waals surface area contributed by atoms with E-state index in [9.17, 15) is 0 Å². The molecular formula is C19H24N2O2. The third-order valence-electron chi connectivity index (χ3n) is 3.45. The summed E-state index contributed by atoms with van der Waals surface area (Å²) in [5.74, 6) is 2.33. The van der Waals surface area contributed by atoms with E-state index in [1.54, 1.807) is 0 Å². The number of ether oxygens (including phenoxy) is 1. The first kappa shape index (κ1) is 17.0. The van der Waals surface area contributed by atoms with Gasteiger partial charge in [-0.15, -0.1) is 13.2 Å². The average Bonchev–Trinajstić information content (AvgIpc) is 2.90. The minimum Gasteiger partial charge on any atom is -0.494 e. The van der Waals surface area contributed by atoms with Gasteiger partial charge in [0.25, 0.3) is 0 Å². The van der Waals surface area contributed by atoms with Gasteiger partial charge in [-0.25, -0.2) is 4.98 Å². The lowest BCUT2D eigenvalue weighted by atomic mass is 10.2. The first-order valence-corrected chi connectivity index (χ1v) is 7.81. The maximum atomic E-state index is 5.83. The molecule has 1 heterocycles. The van der Waals surface area contributed by atoms with E-state index in [-0.39, 0.29) is 0 Å². The molecule has 0 radical (unpaired) electrons. The molecule has 2 aromatic rings. The van der Waals surface area contributed by atoms with Crippen molar-refractivity contribution in [3.8, 4) is 17.2 Å². The number of hydrogen-bond donors (Lipinski definition) is 0. The molecule has 0 aliphatic rings. The van der Waals surface area contributed by atoms with Gasteiger partial charge in [0.1, 0.15) is 11.5 Å². The molecule has 4 heteroatoms. The number of benzene rings is 1. The second-order valence-electron chi connectivity index (χ2n) is 5.25. The van der Waals surface area contributed by atoms with Crippen molar-refractivity contribution >= 4 is 0 Å². The topological polar surface area (TPSA) is 38.5 Å². The Morgan fingerprint density at radius 3 is 2.39 bits per heavy atom. The van der Waals surface area contributed by atoms with E-state index < -0.39 is 0 Å². The Kier molecular flexibility index (Phi) is 6.18. The molecule has 0 unspecified atom stereocenters. The van der Waals surface area contributed by atoms with Crippen molar-refractivity contribution in [2.75, 3.05) is 19.7 Å². The first-order valence-electron chi connectivity index (χ1n) is 7.81. The predicted molar refractivity (Wildman–Crippen MR) is 93.5 cm³/mol. The highest BCUT2D eigenvalue weighted by molar-refractivity contribution is 5.55. The van der Waals surface area contributed by atoms with Crippen molar-refractivity contribution in [2.24, 2.45) is 0 Å². The molecule has 0 atom stereocenters. The molecule has 0 amide bonds. The molecule has 1 aromatic carbocycles. The lowest BCUT2D eigenvalue weighted by Gasteiger charge is -2.17. The SMILES string of the molecule is C=CCN(CC=C)Cc1nc(-c2ccc(OCC)cc2)oc1C. The molecule has 1 aromatic heterocycles. The Labute approximate surface area is 138 Å². The quantitative estimate of drug-likeness (QED) is 0.650. The first-order chi connectivity index (χ1) is 11.2. The Morgan fingerprint density at radius 1 is 1.17 bits per heavy atom. The summed E-state index contributed by atoms with van der Waals surface area (Å²) in [6.07, 6.45) is 3.76. The largest absolute Gasteiger partial charge is 0.494 e. The standard InChI is InChI=1S/C19H24N2O2/c1-5-12-21(13-6-2)14-18-15(4)23-19(20-18)16-8-10-17(11-9-16)22-7-3/h5-6,8-11H,1-2,7,12-14H2,3-4H3. The lowest BCUT2D eigenvalue weighted by Crippen LogP contribution is -2.23. The van der Waals surface area contributed by atoms with E-state index >= 15 is 0 Å². The summed E-state index contributed by atoms with van der Waals surface area (Å²) in [5.41, 5.74) is 1.89. The second kappa shape index (κ2) is 8.34. The fourth-order valence-corrected chi connectivity index (χ4v) is 2.34. The Balaban J connectivity index is 2.16. The normalized spacial score (nSPS) is 10.7. The molecule has 4 nitrogen and oxygen atoms in total. The molecule has 23 heavy (non-hydrogen) atoms. The van der Waals surface area contributed by atoms with Gasteiger partial charge in [0.15, 0.2) is 0 Å². The minimum atomic E-state index is 0.637. The zero-order chi connectivity index (χ0) is 16.7. The summed E-state index contributed by atoms with van der Waals surface area (Å²) in [4.78, 5) is 6.84. The fourth-order valence-electron chi connectivity index (χ4n) is 2.34. The molecular weight excluding hydrogens is 288 g/mol. The van der Waals surface area contributed by atoms with Crippen LogP contribution in [0, 0.1) is 6.92 Å². The van der Waals surface area contributed by atoms with Crippen LogP contribution in [0.3, 0.4) is 0 Å². The summed E-state index contributed by atoms with van der Waals surface area (Å²) < 4.78 is 11.3. The summed E-state index contributed by atoms with van der Waals surface area (Å²) in [6.45, 7) is 14.4. The molecule has 0 saturated carbocycles. The molecule has 0 bridgehead atoms. The Hall–Kier alpha value is -2.33. The number of aryl methyl sites for hydroxylation is 1. The Morgan fingerprint density at radius 2 is 1.83 bits per heavy atom. The van der Waals surface area contributed by atoms with Crippen molar-refractivity contribution < 1.29 is 9.15 Å². The molecule has 0 aliphatic heterocycles. The Bertz CT molecular complexity index is 634. The summed E-state index contributed by atoms with van der Waals surface area (Å²) >= 11 is 0. The van der Waals surface area contributed by atoms with Crippen LogP contribution < -0.4 is 4.74 Å². The third kappa shape index (κ3) is 4.57. The van der Waals surface area contributed by atoms with Crippen LogP contribution in [-0.2, 0) is 6.54 Å². The van der Waals surface area contributed by atoms with Crippen molar-refractivity contribution in [1.29, 1.82) is 0 Å². The van der Waals surface area contributed by atoms with Crippen molar-refractivity contribution in [2.45, 2.75) is 20.4 Å². The lowest BCUT2D eigenvalue weighted by molar-refractivity contribution is 0.322. The number of hydrogen-bond acceptors (Lipinski definition) is 4. The summed E-state index contributed by atoms with van der Waals surface area (Å²) in [7, 11) is 0. The highest BCUT2D eigenvalue weighted by atomic mass is 16.5. The monoisotopic (exact) mass is 312 g/mol. The minimum absolute atomic E-state index is 0.637. The zero-order valence-electron chi connectivity index (χ0n) is 13.9. The van der Waals surface area contributed by atoms with Gasteiger partial charge in [-0.3, -0.25) is 4.90 Å². The highest BCUT2D eigenvalue weighted by Gasteiger charge is 2.14. The van der Waals surface area contributed by atoms with Crippen LogP contribution in [0.15, 0.2) is 54.0 Å². The second-order valence-corrected chi connectivity index (χ2v) is 5.25. The van der Waals surface area contributed by atoms with Crippen LogP contribution >= 0.6 is 0 Å². The van der Waals surface area contributed by atoms with Crippen LogP contribution in [0.4, 0.5) is 0 Å². The van der Waals surface area contributed by atoms with Gasteiger partial charge in [0.05, 0.1) is 12.3 Å². The van der Waals surface area contributed by atoms with E-state index in [1.807, 2.05) is 50.3 Å². The van der Waals surface area contributed by atoms with Crippen LogP contribution in [0.2, 0.25) is 0 Å². The zero-order valence-corrected chi connectivity index (χ0v) is 13.9. The number of rotatable bonds is 9. The van der Waals surface area contributed by atoms with Gasteiger partial charge in [-0.2, -0.15) is 0 Å². The average molecular weight is 312 g/mol. The van der Waals surface area contributed by atoms with Gasteiger partial charge in [0.2, 0.25) is 5.89 Å². The predicted octanol–water partition coefficient (Wildman–Crippen LogP) is 4.22. The highest BCUT2D eigenvalue weighted by Crippen LogP contribution is 2.24. The van der Waals surface area contributed by atoms with Crippen LogP contribution in [0.5, 0.6) is 5.75 Å². The van der Waals surface area contributed by atoms with Crippen molar-refractivity contribution in [1.82, 2.24) is 9.88 Å². The number of aromatic nitrogens is 1. The van der Waals surface area contributed by atoms with E-state index in [0.717, 1.165) is 35.9 Å². The summed E-state index contributed by atoms with van der Waals surface area (Å²) in [6, 6.07) is 7.79.